The number of rotatable bonds is 2. The number of benzene rings is 2. The quantitative estimate of drug-likeness (QED) is 0.676. The monoisotopic (exact) mass is 208 g/mol. The largest absolute Gasteiger partial charge is 0.0985 e. The first-order valence-electron chi connectivity index (χ1n) is 5.51. The molecule has 0 heteroatoms. The summed E-state index contributed by atoms with van der Waals surface area (Å²) in [6, 6.07) is 15.0. The molecule has 0 saturated heterocycles. The minimum atomic E-state index is 1.21. The molecule has 80 valence electrons. The molecule has 0 nitrogen and oxygen atoms in total. The molecule has 0 spiro atoms. The van der Waals surface area contributed by atoms with Crippen molar-refractivity contribution >= 4 is 6.08 Å². The van der Waals surface area contributed by atoms with Gasteiger partial charge in [-0.3, -0.25) is 0 Å². The second kappa shape index (κ2) is 4.36. The zero-order valence-corrected chi connectivity index (χ0v) is 9.83. The first kappa shape index (κ1) is 10.7. The molecule has 0 N–H and O–H groups in total. The van der Waals surface area contributed by atoms with Crippen LogP contribution in [-0.4, -0.2) is 0 Å². The number of aryl methyl sites for hydroxylation is 1. The van der Waals surface area contributed by atoms with Crippen LogP contribution >= 0.6 is 0 Å². The molecular formula is C16H16. The van der Waals surface area contributed by atoms with Crippen molar-refractivity contribution in [3.8, 4) is 11.1 Å². The first-order chi connectivity index (χ1) is 7.72. The minimum absolute atomic E-state index is 1.21. The Morgan fingerprint density at radius 2 is 1.62 bits per heavy atom. The van der Waals surface area contributed by atoms with Gasteiger partial charge in [0.05, 0.1) is 0 Å². The molecule has 0 heterocycles. The predicted molar refractivity (Wildman–Crippen MR) is 71.4 cm³/mol. The van der Waals surface area contributed by atoms with Crippen molar-refractivity contribution in [3.63, 3.8) is 0 Å². The molecular weight excluding hydrogens is 192 g/mol. The summed E-state index contributed by atoms with van der Waals surface area (Å²) in [7, 11) is 0. The van der Waals surface area contributed by atoms with E-state index in [1.54, 1.807) is 0 Å². The molecule has 0 fully saturated rings. The highest BCUT2D eigenvalue weighted by atomic mass is 14.1. The van der Waals surface area contributed by atoms with E-state index in [1.807, 2.05) is 6.08 Å². The second-order valence-electron chi connectivity index (χ2n) is 4.09. The lowest BCUT2D eigenvalue weighted by Crippen LogP contribution is -1.86. The maximum Gasteiger partial charge on any atom is -0.0149 e. The molecule has 0 aromatic heterocycles. The molecule has 0 bridgehead atoms. The van der Waals surface area contributed by atoms with Gasteiger partial charge in [-0.25, -0.2) is 0 Å². The maximum absolute atomic E-state index is 3.84. The van der Waals surface area contributed by atoms with Crippen LogP contribution in [0.1, 0.15) is 16.7 Å². The maximum atomic E-state index is 3.84. The van der Waals surface area contributed by atoms with Gasteiger partial charge in [0.2, 0.25) is 0 Å². The Hall–Kier alpha value is -1.82. The summed E-state index contributed by atoms with van der Waals surface area (Å²) in [6.45, 7) is 8.09. The molecule has 0 aliphatic rings. The average molecular weight is 208 g/mol. The topological polar surface area (TPSA) is 0 Å². The highest BCUT2D eigenvalue weighted by molar-refractivity contribution is 5.72. The van der Waals surface area contributed by atoms with Crippen LogP contribution in [0, 0.1) is 13.8 Å². The summed E-state index contributed by atoms with van der Waals surface area (Å²) >= 11 is 0. The molecule has 0 amide bonds. The van der Waals surface area contributed by atoms with Crippen LogP contribution in [0.2, 0.25) is 0 Å². The van der Waals surface area contributed by atoms with Crippen molar-refractivity contribution in [2.75, 3.05) is 0 Å². The van der Waals surface area contributed by atoms with Gasteiger partial charge >= 0.3 is 0 Å². The van der Waals surface area contributed by atoms with E-state index in [4.69, 9.17) is 0 Å². The van der Waals surface area contributed by atoms with Gasteiger partial charge in [-0.15, -0.1) is 0 Å². The smallest absolute Gasteiger partial charge is 0.0149 e. The summed E-state index contributed by atoms with van der Waals surface area (Å²) in [5.41, 5.74) is 6.35. The van der Waals surface area contributed by atoms with Crippen molar-refractivity contribution in [2.45, 2.75) is 13.8 Å². The van der Waals surface area contributed by atoms with Gasteiger partial charge in [0.25, 0.3) is 0 Å². The van der Waals surface area contributed by atoms with Gasteiger partial charge in [0.1, 0.15) is 0 Å². The Bertz CT molecular complexity index is 504. The number of hydrogen-bond donors (Lipinski definition) is 0. The van der Waals surface area contributed by atoms with Crippen LogP contribution in [0.15, 0.2) is 49.0 Å². The molecule has 0 unspecified atom stereocenters. The lowest BCUT2D eigenvalue weighted by molar-refractivity contribution is 1.42. The normalized spacial score (nSPS) is 10.1. The third-order valence-corrected chi connectivity index (χ3v) is 2.96. The summed E-state index contributed by atoms with van der Waals surface area (Å²) in [4.78, 5) is 0. The van der Waals surface area contributed by atoms with E-state index in [1.165, 1.54) is 27.8 Å². The molecule has 2 aromatic carbocycles. The highest BCUT2D eigenvalue weighted by Gasteiger charge is 2.03. The van der Waals surface area contributed by atoms with Gasteiger partial charge in [0.15, 0.2) is 0 Å². The third-order valence-electron chi connectivity index (χ3n) is 2.96. The second-order valence-corrected chi connectivity index (χ2v) is 4.09. The van der Waals surface area contributed by atoms with Crippen LogP contribution in [0.3, 0.4) is 0 Å². The van der Waals surface area contributed by atoms with E-state index >= 15 is 0 Å². The van der Waals surface area contributed by atoms with Gasteiger partial charge in [-0.1, -0.05) is 60.7 Å². The van der Waals surface area contributed by atoms with Gasteiger partial charge in [0, 0.05) is 0 Å². The van der Waals surface area contributed by atoms with Crippen LogP contribution in [0.5, 0.6) is 0 Å². The zero-order valence-electron chi connectivity index (χ0n) is 9.83. The van der Waals surface area contributed by atoms with Gasteiger partial charge < -0.3 is 0 Å². The molecule has 16 heavy (non-hydrogen) atoms. The average Bonchev–Trinajstić information content (AvgIpc) is 2.31. The lowest BCUT2D eigenvalue weighted by atomic mass is 9.96. The zero-order chi connectivity index (χ0) is 11.5. The Kier molecular flexibility index (Phi) is 2.91. The fourth-order valence-electron chi connectivity index (χ4n) is 1.92. The molecule has 0 atom stereocenters. The molecule has 2 aromatic rings. The van der Waals surface area contributed by atoms with E-state index in [0.717, 1.165) is 0 Å². The molecule has 2 rings (SSSR count). The third kappa shape index (κ3) is 1.92. The highest BCUT2D eigenvalue weighted by Crippen LogP contribution is 2.26. The van der Waals surface area contributed by atoms with E-state index in [-0.39, 0.29) is 0 Å². The fourth-order valence-corrected chi connectivity index (χ4v) is 1.92. The van der Waals surface area contributed by atoms with Gasteiger partial charge in [-0.05, 0) is 36.1 Å². The van der Waals surface area contributed by atoms with E-state index < -0.39 is 0 Å². The summed E-state index contributed by atoms with van der Waals surface area (Å²) in [5.74, 6) is 0. The van der Waals surface area contributed by atoms with Crippen LogP contribution in [0.4, 0.5) is 0 Å². The van der Waals surface area contributed by atoms with Gasteiger partial charge in [-0.2, -0.15) is 0 Å². The Balaban J connectivity index is 2.56. The Morgan fingerprint density at radius 1 is 0.938 bits per heavy atom. The van der Waals surface area contributed by atoms with E-state index in [2.05, 4.69) is 62.9 Å². The molecule has 0 saturated carbocycles. The van der Waals surface area contributed by atoms with Crippen molar-refractivity contribution in [3.05, 3.63) is 65.7 Å². The van der Waals surface area contributed by atoms with Crippen molar-refractivity contribution in [1.29, 1.82) is 0 Å². The molecule has 0 radical (unpaired) electrons. The van der Waals surface area contributed by atoms with Crippen molar-refractivity contribution < 1.29 is 0 Å². The fraction of sp³-hybridized carbons (Fsp3) is 0.125. The Morgan fingerprint density at radius 3 is 2.25 bits per heavy atom. The molecule has 0 aliphatic heterocycles. The first-order valence-corrected chi connectivity index (χ1v) is 5.51. The predicted octanol–water partition coefficient (Wildman–Crippen LogP) is 4.61. The van der Waals surface area contributed by atoms with Crippen molar-refractivity contribution in [1.82, 2.24) is 0 Å². The Labute approximate surface area is 97.3 Å². The standard InChI is InChI=1S/C16H16/c1-4-14-6-5-7-16(13(14)3)15-10-8-12(2)9-11-15/h4-11H,1H2,2-3H3. The lowest BCUT2D eigenvalue weighted by Gasteiger charge is -2.09. The van der Waals surface area contributed by atoms with Crippen LogP contribution in [-0.2, 0) is 0 Å². The van der Waals surface area contributed by atoms with E-state index in [0.29, 0.717) is 0 Å². The molecule has 0 aliphatic carbocycles. The number of hydrogen-bond acceptors (Lipinski definition) is 0. The van der Waals surface area contributed by atoms with E-state index in [9.17, 15) is 0 Å². The summed E-state index contributed by atoms with van der Waals surface area (Å²) < 4.78 is 0. The van der Waals surface area contributed by atoms with Crippen LogP contribution < -0.4 is 0 Å². The van der Waals surface area contributed by atoms with Crippen LogP contribution in [0.25, 0.3) is 17.2 Å². The SMILES string of the molecule is C=Cc1cccc(-c2ccc(C)cc2)c1C. The summed E-state index contributed by atoms with van der Waals surface area (Å²) in [5, 5.41) is 0. The van der Waals surface area contributed by atoms with Crippen molar-refractivity contribution in [2.24, 2.45) is 0 Å². The summed E-state index contributed by atoms with van der Waals surface area (Å²) in [6.07, 6.45) is 1.91. The minimum Gasteiger partial charge on any atom is -0.0985 e.